The molecule has 1 amide bonds. The highest BCUT2D eigenvalue weighted by Gasteiger charge is 2.06. The van der Waals surface area contributed by atoms with Gasteiger partial charge in [-0.15, -0.1) is 0 Å². The summed E-state index contributed by atoms with van der Waals surface area (Å²) in [5, 5.41) is 8.24. The third-order valence-electron chi connectivity index (χ3n) is 3.62. The minimum absolute atomic E-state index is 0.649. The number of carbonyl (C=O) groups is 1. The number of nitriles is 1. The van der Waals surface area contributed by atoms with Gasteiger partial charge in [0.15, 0.2) is 6.19 Å². The first kappa shape index (κ1) is 16.5. The molecule has 0 atom stereocenters. The molecule has 0 N–H and O–H groups in total. The first-order chi connectivity index (χ1) is 11.2. The fourth-order valence-corrected chi connectivity index (χ4v) is 2.29. The maximum Gasteiger partial charge on any atom is 0.215 e. The highest BCUT2D eigenvalue weighted by atomic mass is 16.1. The number of likely N-dealkylation sites (tertiary alicyclic amines) is 1. The summed E-state index contributed by atoms with van der Waals surface area (Å²) in [5.74, 6) is 0.649. The molecule has 0 aliphatic carbocycles. The van der Waals surface area contributed by atoms with E-state index in [1.54, 1.807) is 18.1 Å². The first-order valence-electron chi connectivity index (χ1n) is 7.59. The Labute approximate surface area is 136 Å². The van der Waals surface area contributed by atoms with Gasteiger partial charge in [0.05, 0.1) is 0 Å². The lowest BCUT2D eigenvalue weighted by atomic mass is 10.1. The quantitative estimate of drug-likeness (QED) is 0.646. The Kier molecular flexibility index (Phi) is 6.13. The number of nitrogens with zero attached hydrogens (tertiary/aromatic N) is 4. The zero-order valence-corrected chi connectivity index (χ0v) is 13.2. The monoisotopic (exact) mass is 308 g/mol. The lowest BCUT2D eigenvalue weighted by Crippen LogP contribution is -2.14. The summed E-state index contributed by atoms with van der Waals surface area (Å²) in [7, 11) is 1.68. The maximum atomic E-state index is 10.6. The summed E-state index contributed by atoms with van der Waals surface area (Å²) >= 11 is 0. The molecule has 2 heterocycles. The molecule has 0 spiro atoms. The molecule has 118 valence electrons. The Bertz CT molecular complexity index is 660. The third-order valence-corrected chi connectivity index (χ3v) is 3.62. The Morgan fingerprint density at radius 2 is 1.87 bits per heavy atom. The van der Waals surface area contributed by atoms with E-state index < -0.39 is 0 Å². The molecule has 1 aromatic heterocycles. The van der Waals surface area contributed by atoms with E-state index in [4.69, 9.17) is 5.26 Å². The molecule has 5 heteroatoms. The minimum Gasteiger partial charge on any atom is -0.311 e. The van der Waals surface area contributed by atoms with Crippen molar-refractivity contribution in [2.75, 3.05) is 25.0 Å². The molecule has 1 aromatic carbocycles. The number of benzene rings is 1. The van der Waals surface area contributed by atoms with Crippen LogP contribution in [0.4, 0.5) is 5.82 Å². The predicted molar refractivity (Wildman–Crippen MR) is 90.6 cm³/mol. The van der Waals surface area contributed by atoms with Crippen LogP contribution in [0, 0.1) is 11.5 Å². The number of anilines is 1. The van der Waals surface area contributed by atoms with Gasteiger partial charge in [0, 0.05) is 26.3 Å². The van der Waals surface area contributed by atoms with Crippen LogP contribution in [-0.4, -0.2) is 36.4 Å². The van der Waals surface area contributed by atoms with Gasteiger partial charge < -0.3 is 9.80 Å². The highest BCUT2D eigenvalue weighted by Crippen LogP contribution is 2.21. The molecule has 1 aliphatic rings. The summed E-state index contributed by atoms with van der Waals surface area (Å²) in [6, 6.07) is 13.8. The summed E-state index contributed by atoms with van der Waals surface area (Å²) in [6.45, 7) is 1.97. The lowest BCUT2D eigenvalue weighted by molar-refractivity contribution is -0.107. The van der Waals surface area contributed by atoms with Gasteiger partial charge in [-0.25, -0.2) is 4.98 Å². The Morgan fingerprint density at radius 1 is 1.17 bits per heavy atom. The van der Waals surface area contributed by atoms with E-state index in [9.17, 15) is 4.79 Å². The van der Waals surface area contributed by atoms with Crippen molar-refractivity contribution in [1.29, 1.82) is 5.26 Å². The molecule has 1 aliphatic heterocycles. The molecule has 3 rings (SSSR count). The van der Waals surface area contributed by atoms with Crippen LogP contribution in [0.3, 0.4) is 0 Å². The average Bonchev–Trinajstić information content (AvgIpc) is 3.16. The molecule has 5 nitrogen and oxygen atoms in total. The molecule has 1 saturated heterocycles. The summed E-state index contributed by atoms with van der Waals surface area (Å²) < 4.78 is 0. The van der Waals surface area contributed by atoms with Crippen molar-refractivity contribution in [2.24, 2.45) is 0 Å². The van der Waals surface area contributed by atoms with Crippen LogP contribution in [0.5, 0.6) is 0 Å². The zero-order valence-electron chi connectivity index (χ0n) is 13.2. The van der Waals surface area contributed by atoms with Gasteiger partial charge in [-0.05, 0) is 36.1 Å². The summed E-state index contributed by atoms with van der Waals surface area (Å²) in [4.78, 5) is 18.0. The Balaban J connectivity index is 0.000000229. The van der Waals surface area contributed by atoms with Gasteiger partial charge in [0.1, 0.15) is 5.82 Å². The van der Waals surface area contributed by atoms with Crippen LogP contribution in [0.1, 0.15) is 12.8 Å². The van der Waals surface area contributed by atoms with E-state index in [0.717, 1.165) is 30.6 Å². The Hall–Kier alpha value is -2.87. The number of amides is 1. The number of hydrogen-bond donors (Lipinski definition) is 0. The standard InChI is InChI=1S/C13H12N2O.C5H8N2/c1-15(10-16)13-9-12(7-8-14-13)11-5-3-2-4-6-11;6-5-7-3-1-2-4-7/h2-10H,1H3;1-4H2. The van der Waals surface area contributed by atoms with Gasteiger partial charge in [0.2, 0.25) is 6.41 Å². The van der Waals surface area contributed by atoms with Gasteiger partial charge in [-0.1, -0.05) is 30.3 Å². The predicted octanol–water partition coefficient (Wildman–Crippen LogP) is 2.90. The number of pyridine rings is 1. The van der Waals surface area contributed by atoms with E-state index in [1.807, 2.05) is 42.5 Å². The summed E-state index contributed by atoms with van der Waals surface area (Å²) in [5.41, 5.74) is 2.17. The van der Waals surface area contributed by atoms with Crippen molar-refractivity contribution in [3.05, 3.63) is 48.7 Å². The molecule has 0 radical (unpaired) electrons. The average molecular weight is 308 g/mol. The van der Waals surface area contributed by atoms with Crippen molar-refractivity contribution >= 4 is 12.2 Å². The number of rotatable bonds is 3. The van der Waals surface area contributed by atoms with E-state index in [1.165, 1.54) is 17.7 Å². The molecule has 0 bridgehead atoms. The minimum atomic E-state index is 0.649. The van der Waals surface area contributed by atoms with E-state index in [-0.39, 0.29) is 0 Å². The number of hydrogen-bond acceptors (Lipinski definition) is 4. The normalized spacial score (nSPS) is 12.8. The molecule has 1 fully saturated rings. The fourth-order valence-electron chi connectivity index (χ4n) is 2.29. The van der Waals surface area contributed by atoms with Crippen LogP contribution in [0.15, 0.2) is 48.7 Å². The van der Waals surface area contributed by atoms with Gasteiger partial charge in [0.25, 0.3) is 0 Å². The largest absolute Gasteiger partial charge is 0.311 e. The van der Waals surface area contributed by atoms with Crippen LogP contribution >= 0.6 is 0 Å². The molecule has 0 saturated carbocycles. The van der Waals surface area contributed by atoms with Crippen molar-refractivity contribution < 1.29 is 4.79 Å². The van der Waals surface area contributed by atoms with Crippen LogP contribution < -0.4 is 4.90 Å². The molecular formula is C18H20N4O. The van der Waals surface area contributed by atoms with Crippen molar-refractivity contribution in [2.45, 2.75) is 12.8 Å². The van der Waals surface area contributed by atoms with Crippen LogP contribution in [0.25, 0.3) is 11.1 Å². The molecule has 2 aromatic rings. The SMILES string of the molecule is CN(C=O)c1cc(-c2ccccc2)ccn1.N#CN1CCCC1. The maximum absolute atomic E-state index is 10.6. The number of carbonyl (C=O) groups excluding carboxylic acids is 1. The molecule has 0 unspecified atom stereocenters. The third kappa shape index (κ3) is 4.82. The lowest BCUT2D eigenvalue weighted by Gasteiger charge is -2.10. The molecule has 23 heavy (non-hydrogen) atoms. The van der Waals surface area contributed by atoms with Gasteiger partial charge in [-0.3, -0.25) is 4.79 Å². The fraction of sp³-hybridized carbons (Fsp3) is 0.278. The van der Waals surface area contributed by atoms with Gasteiger partial charge >= 0.3 is 0 Å². The summed E-state index contributed by atoms with van der Waals surface area (Å²) in [6.07, 6.45) is 6.95. The second-order valence-electron chi connectivity index (χ2n) is 5.28. The highest BCUT2D eigenvalue weighted by molar-refractivity contribution is 5.75. The first-order valence-corrected chi connectivity index (χ1v) is 7.59. The van der Waals surface area contributed by atoms with Crippen molar-refractivity contribution in [1.82, 2.24) is 9.88 Å². The zero-order chi connectivity index (χ0) is 16.5. The topological polar surface area (TPSA) is 60.2 Å². The Morgan fingerprint density at radius 3 is 2.43 bits per heavy atom. The van der Waals surface area contributed by atoms with Crippen molar-refractivity contribution in [3.8, 4) is 17.3 Å². The van der Waals surface area contributed by atoms with Crippen molar-refractivity contribution in [3.63, 3.8) is 0 Å². The van der Waals surface area contributed by atoms with E-state index in [0.29, 0.717) is 5.82 Å². The van der Waals surface area contributed by atoms with Crippen LogP contribution in [0.2, 0.25) is 0 Å². The second kappa shape index (κ2) is 8.54. The second-order valence-corrected chi connectivity index (χ2v) is 5.28. The van der Waals surface area contributed by atoms with Crippen LogP contribution in [-0.2, 0) is 4.79 Å². The van der Waals surface area contributed by atoms with E-state index in [2.05, 4.69) is 11.2 Å². The van der Waals surface area contributed by atoms with Gasteiger partial charge in [-0.2, -0.15) is 5.26 Å². The smallest absolute Gasteiger partial charge is 0.215 e. The van der Waals surface area contributed by atoms with E-state index >= 15 is 0 Å². The molecular weight excluding hydrogens is 288 g/mol. The number of aromatic nitrogens is 1.